The molecule has 0 radical (unpaired) electrons. The number of halogens is 3. The highest BCUT2D eigenvalue weighted by Crippen LogP contribution is 2.62. The number of fused-ring (bicyclic) bond motifs is 1. The van der Waals surface area contributed by atoms with E-state index < -0.39 is 12.1 Å². The van der Waals surface area contributed by atoms with Crippen molar-refractivity contribution in [3.8, 4) is 17.0 Å². The van der Waals surface area contributed by atoms with Crippen LogP contribution in [-0.4, -0.2) is 57.6 Å². The first-order chi connectivity index (χ1) is 15.6. The van der Waals surface area contributed by atoms with Crippen molar-refractivity contribution >= 4 is 5.82 Å². The van der Waals surface area contributed by atoms with Crippen LogP contribution < -0.4 is 10.5 Å². The number of rotatable bonds is 5. The first kappa shape index (κ1) is 22.5. The third-order valence-corrected chi connectivity index (χ3v) is 7.26. The molecule has 0 amide bonds. The predicted octanol–water partition coefficient (Wildman–Crippen LogP) is 4.22. The Hall–Kier alpha value is -2.33. The van der Waals surface area contributed by atoms with E-state index in [1.807, 2.05) is 6.20 Å². The summed E-state index contributed by atoms with van der Waals surface area (Å²) in [6.45, 7) is 8.99. The Bertz CT molecular complexity index is 1010. The van der Waals surface area contributed by atoms with Crippen LogP contribution in [0, 0.1) is 11.8 Å². The van der Waals surface area contributed by atoms with Gasteiger partial charge >= 0.3 is 6.36 Å². The number of imidazole rings is 1. The minimum atomic E-state index is -4.84. The molecule has 2 N–H and O–H groups in total. The third-order valence-electron chi connectivity index (χ3n) is 7.26. The molecule has 1 aliphatic heterocycles. The predicted molar refractivity (Wildman–Crippen MR) is 117 cm³/mol. The Morgan fingerprint density at radius 2 is 1.97 bits per heavy atom. The molecule has 3 atom stereocenters. The van der Waals surface area contributed by atoms with Crippen molar-refractivity contribution in [2.24, 2.45) is 11.8 Å². The Balaban J connectivity index is 1.36. The molecular weight excluding hydrogens is 435 g/mol. The van der Waals surface area contributed by atoms with E-state index in [1.54, 1.807) is 0 Å². The van der Waals surface area contributed by atoms with Crippen LogP contribution in [0.15, 0.2) is 18.5 Å². The molecule has 3 aliphatic rings. The Morgan fingerprint density at radius 1 is 1.24 bits per heavy atom. The third kappa shape index (κ3) is 4.30. The smallest absolute Gasteiger partial charge is 0.402 e. The zero-order valence-electron chi connectivity index (χ0n) is 19.0. The van der Waals surface area contributed by atoms with Gasteiger partial charge in [0, 0.05) is 48.5 Å². The fourth-order valence-corrected chi connectivity index (χ4v) is 5.76. The summed E-state index contributed by atoms with van der Waals surface area (Å²) in [5, 5.41) is 0. The molecule has 5 rings (SSSR count). The van der Waals surface area contributed by atoms with E-state index in [4.69, 9.17) is 15.5 Å². The normalized spacial score (nSPS) is 30.0. The zero-order chi connectivity index (χ0) is 23.5. The van der Waals surface area contributed by atoms with Gasteiger partial charge in [-0.1, -0.05) is 13.8 Å². The highest BCUT2D eigenvalue weighted by Gasteiger charge is 2.58. The number of morpholine rings is 1. The number of alkyl halides is 3. The number of pyridine rings is 1. The van der Waals surface area contributed by atoms with Crippen molar-refractivity contribution in [3.05, 3.63) is 24.3 Å². The van der Waals surface area contributed by atoms with Gasteiger partial charge in [-0.25, -0.2) is 9.97 Å². The van der Waals surface area contributed by atoms with Crippen molar-refractivity contribution in [1.82, 2.24) is 19.4 Å². The van der Waals surface area contributed by atoms with Gasteiger partial charge in [-0.3, -0.25) is 4.90 Å². The van der Waals surface area contributed by atoms with Crippen LogP contribution in [0.2, 0.25) is 0 Å². The lowest BCUT2D eigenvalue weighted by Crippen LogP contribution is -2.49. The molecule has 2 unspecified atom stereocenters. The monoisotopic (exact) mass is 465 g/mol. The Labute approximate surface area is 191 Å². The maximum absolute atomic E-state index is 12.7. The number of nitrogens with two attached hydrogens (primary N) is 1. The van der Waals surface area contributed by atoms with Crippen LogP contribution >= 0.6 is 0 Å². The molecule has 0 spiro atoms. The average Bonchev–Trinajstić information content (AvgIpc) is 3.09. The topological polar surface area (TPSA) is 78.4 Å². The van der Waals surface area contributed by atoms with E-state index in [9.17, 15) is 13.2 Å². The molecule has 33 heavy (non-hydrogen) atoms. The standard InChI is InChI=1S/C23H30F3N5O2/c1-12(2)22-29-18(14-6-19(21(27)28-9-14)33-23(24,25)26)10-31(22)20-16-7-15(8-17(16)20)30-4-5-32-11-13(30)3/h6,9-10,12-13,15-17,20H,4-5,7-8,11H2,1-3H3,(H2,27,28)/t13-,15?,16?,17?,20?/m0/s1. The van der Waals surface area contributed by atoms with Crippen LogP contribution in [0.5, 0.6) is 5.75 Å². The van der Waals surface area contributed by atoms with Crippen molar-refractivity contribution in [1.29, 1.82) is 0 Å². The first-order valence-corrected chi connectivity index (χ1v) is 11.6. The molecule has 2 aromatic rings. The fraction of sp³-hybridized carbons (Fsp3) is 0.652. The van der Waals surface area contributed by atoms with Gasteiger partial charge in [-0.15, -0.1) is 13.2 Å². The second-order valence-corrected chi connectivity index (χ2v) is 9.81. The van der Waals surface area contributed by atoms with Crippen molar-refractivity contribution in [2.45, 2.75) is 64.0 Å². The van der Waals surface area contributed by atoms with Crippen LogP contribution in [0.3, 0.4) is 0 Å². The number of nitrogens with zero attached hydrogens (tertiary/aromatic N) is 4. The SMILES string of the molecule is CC(C)c1nc(-c2cnc(N)c(OC(F)(F)F)c2)cn1C1C2CC(N3CCOC[C@@H]3C)CC21. The molecule has 0 aromatic carbocycles. The Kier molecular flexibility index (Phi) is 5.55. The average molecular weight is 466 g/mol. The van der Waals surface area contributed by atoms with E-state index in [0.29, 0.717) is 41.2 Å². The lowest BCUT2D eigenvalue weighted by Gasteiger charge is -2.38. The molecule has 2 aliphatic carbocycles. The number of nitrogen functional groups attached to an aromatic ring is 1. The van der Waals surface area contributed by atoms with Crippen molar-refractivity contribution < 1.29 is 22.6 Å². The van der Waals surface area contributed by atoms with E-state index in [1.165, 1.54) is 12.3 Å². The van der Waals surface area contributed by atoms with Crippen LogP contribution in [0.25, 0.3) is 11.3 Å². The van der Waals surface area contributed by atoms with Crippen LogP contribution in [-0.2, 0) is 4.74 Å². The zero-order valence-corrected chi connectivity index (χ0v) is 19.0. The lowest BCUT2D eigenvalue weighted by molar-refractivity contribution is -0.274. The maximum atomic E-state index is 12.7. The van der Waals surface area contributed by atoms with E-state index in [-0.39, 0.29) is 11.7 Å². The molecule has 7 nitrogen and oxygen atoms in total. The molecule has 3 fully saturated rings. The summed E-state index contributed by atoms with van der Waals surface area (Å²) in [5.41, 5.74) is 6.63. The van der Waals surface area contributed by atoms with Gasteiger partial charge in [-0.2, -0.15) is 0 Å². The fourth-order valence-electron chi connectivity index (χ4n) is 5.76. The summed E-state index contributed by atoms with van der Waals surface area (Å²) in [6, 6.07) is 2.71. The molecule has 10 heteroatoms. The molecule has 3 heterocycles. The van der Waals surface area contributed by atoms with Gasteiger partial charge < -0.3 is 19.8 Å². The summed E-state index contributed by atoms with van der Waals surface area (Å²) in [6.07, 6.45) is 0.889. The summed E-state index contributed by atoms with van der Waals surface area (Å²) in [7, 11) is 0. The Morgan fingerprint density at radius 3 is 2.61 bits per heavy atom. The lowest BCUT2D eigenvalue weighted by atomic mass is 10.1. The van der Waals surface area contributed by atoms with Crippen LogP contribution in [0.1, 0.15) is 51.4 Å². The molecule has 2 saturated carbocycles. The van der Waals surface area contributed by atoms with Crippen molar-refractivity contribution in [3.63, 3.8) is 0 Å². The van der Waals surface area contributed by atoms with Crippen molar-refractivity contribution in [2.75, 3.05) is 25.5 Å². The van der Waals surface area contributed by atoms with Crippen LogP contribution in [0.4, 0.5) is 19.0 Å². The summed E-state index contributed by atoms with van der Waals surface area (Å²) >= 11 is 0. The molecule has 0 bridgehead atoms. The quantitative estimate of drug-likeness (QED) is 0.713. The number of hydrogen-bond acceptors (Lipinski definition) is 6. The minimum Gasteiger partial charge on any atom is -0.402 e. The maximum Gasteiger partial charge on any atom is 0.573 e. The van der Waals surface area contributed by atoms with E-state index >= 15 is 0 Å². The summed E-state index contributed by atoms with van der Waals surface area (Å²) < 4.78 is 50.1. The highest BCUT2D eigenvalue weighted by molar-refractivity contribution is 5.64. The largest absolute Gasteiger partial charge is 0.573 e. The second kappa shape index (κ2) is 8.16. The highest BCUT2D eigenvalue weighted by atomic mass is 19.4. The number of anilines is 1. The second-order valence-electron chi connectivity index (χ2n) is 9.81. The van der Waals surface area contributed by atoms with Gasteiger partial charge in [0.25, 0.3) is 0 Å². The molecular formula is C23H30F3N5O2. The molecule has 2 aromatic heterocycles. The van der Waals surface area contributed by atoms with E-state index in [0.717, 1.165) is 38.4 Å². The van der Waals surface area contributed by atoms with E-state index in [2.05, 4.69) is 40.0 Å². The van der Waals surface area contributed by atoms with Gasteiger partial charge in [-0.05, 0) is 37.7 Å². The summed E-state index contributed by atoms with van der Waals surface area (Å²) in [5.74, 6) is 1.53. The molecule has 1 saturated heterocycles. The number of aromatic nitrogens is 3. The van der Waals surface area contributed by atoms with Gasteiger partial charge in [0.15, 0.2) is 11.6 Å². The number of hydrogen-bond donors (Lipinski definition) is 1. The van der Waals surface area contributed by atoms with Gasteiger partial charge in [0.2, 0.25) is 0 Å². The number of ether oxygens (including phenoxy) is 2. The molecule has 180 valence electrons. The summed E-state index contributed by atoms with van der Waals surface area (Å²) in [4.78, 5) is 11.3. The van der Waals surface area contributed by atoms with Gasteiger partial charge in [0.1, 0.15) is 5.82 Å². The van der Waals surface area contributed by atoms with Gasteiger partial charge in [0.05, 0.1) is 18.9 Å². The first-order valence-electron chi connectivity index (χ1n) is 11.6. The minimum absolute atomic E-state index is 0.183.